The van der Waals surface area contributed by atoms with Gasteiger partial charge in [0.2, 0.25) is 5.91 Å². The van der Waals surface area contributed by atoms with Gasteiger partial charge in [0.05, 0.1) is 30.4 Å². The Bertz CT molecular complexity index is 1560. The van der Waals surface area contributed by atoms with Crippen molar-refractivity contribution in [3.63, 3.8) is 0 Å². The molecule has 10 heteroatoms. The molecule has 1 fully saturated rings. The molecule has 5 rings (SSSR count). The zero-order valence-corrected chi connectivity index (χ0v) is 25.2. The molecule has 2 aromatic carbocycles. The molecule has 1 saturated carbocycles. The van der Waals surface area contributed by atoms with E-state index < -0.39 is 6.09 Å². The fourth-order valence-electron chi connectivity index (χ4n) is 5.66. The fourth-order valence-corrected chi connectivity index (χ4v) is 5.66. The number of benzene rings is 2. The zero-order valence-electron chi connectivity index (χ0n) is 25.2. The number of aromatic nitrogens is 2. The van der Waals surface area contributed by atoms with Gasteiger partial charge in [0, 0.05) is 37.5 Å². The second kappa shape index (κ2) is 14.7. The summed E-state index contributed by atoms with van der Waals surface area (Å²) in [4.78, 5) is 42.6. The zero-order chi connectivity index (χ0) is 30.9. The van der Waals surface area contributed by atoms with Gasteiger partial charge in [-0.25, -0.2) is 9.78 Å². The number of ether oxygens (including phenoxy) is 3. The molecule has 0 radical (unpaired) electrons. The van der Waals surface area contributed by atoms with E-state index >= 15 is 0 Å². The van der Waals surface area contributed by atoms with Gasteiger partial charge in [-0.3, -0.25) is 14.2 Å². The lowest BCUT2D eigenvalue weighted by molar-refractivity contribution is -0.126. The van der Waals surface area contributed by atoms with E-state index in [0.29, 0.717) is 67.1 Å². The molecular weight excluding hydrogens is 560 g/mol. The first-order valence-electron chi connectivity index (χ1n) is 15.2. The van der Waals surface area contributed by atoms with Crippen molar-refractivity contribution in [3.8, 4) is 11.5 Å². The van der Waals surface area contributed by atoms with Gasteiger partial charge in [0.25, 0.3) is 5.56 Å². The van der Waals surface area contributed by atoms with Crippen molar-refractivity contribution in [3.05, 3.63) is 89.0 Å². The molecule has 44 heavy (non-hydrogen) atoms. The van der Waals surface area contributed by atoms with E-state index in [1.807, 2.05) is 42.5 Å². The second-order valence-electron chi connectivity index (χ2n) is 11.4. The Morgan fingerprint density at radius 1 is 0.977 bits per heavy atom. The molecule has 1 aromatic heterocycles. The number of hydrogen-bond acceptors (Lipinski definition) is 7. The average molecular weight is 601 g/mol. The number of amides is 2. The molecule has 1 heterocycles. The molecule has 10 nitrogen and oxygen atoms in total. The molecule has 2 unspecified atom stereocenters. The van der Waals surface area contributed by atoms with Gasteiger partial charge in [-0.2, -0.15) is 0 Å². The van der Waals surface area contributed by atoms with Crippen LogP contribution in [0.5, 0.6) is 11.5 Å². The molecule has 0 spiro atoms. The Labute approximate surface area is 257 Å². The predicted molar refractivity (Wildman–Crippen MR) is 168 cm³/mol. The van der Waals surface area contributed by atoms with Crippen LogP contribution in [0.25, 0.3) is 10.9 Å². The van der Waals surface area contributed by atoms with Crippen molar-refractivity contribution in [2.45, 2.75) is 51.9 Å². The molecule has 2 aliphatic carbocycles. The van der Waals surface area contributed by atoms with Crippen molar-refractivity contribution in [1.29, 1.82) is 0 Å². The number of hydrogen-bond donors (Lipinski definition) is 2. The summed E-state index contributed by atoms with van der Waals surface area (Å²) >= 11 is 0. The van der Waals surface area contributed by atoms with Gasteiger partial charge < -0.3 is 24.8 Å². The van der Waals surface area contributed by atoms with Crippen molar-refractivity contribution in [1.82, 2.24) is 20.2 Å². The first kappa shape index (κ1) is 30.8. The third kappa shape index (κ3) is 7.86. The molecule has 0 aliphatic heterocycles. The van der Waals surface area contributed by atoms with Gasteiger partial charge in [-0.05, 0) is 43.2 Å². The van der Waals surface area contributed by atoms with Crippen LogP contribution in [0.15, 0.2) is 77.9 Å². The third-order valence-corrected chi connectivity index (χ3v) is 8.32. The number of alkyl carbamates (subject to hydrolysis) is 1. The van der Waals surface area contributed by atoms with Crippen molar-refractivity contribution >= 4 is 22.9 Å². The number of methoxy groups -OCH3 is 1. The summed E-state index contributed by atoms with van der Waals surface area (Å²) in [6.45, 7) is 3.49. The molecule has 0 bridgehead atoms. The number of carbonyl (C=O) groups is 2. The summed E-state index contributed by atoms with van der Waals surface area (Å²) in [5, 5.41) is 6.05. The minimum atomic E-state index is -0.520. The fraction of sp³-hybridized carbons (Fsp3) is 0.412. The van der Waals surface area contributed by atoms with Crippen LogP contribution in [0, 0.1) is 17.8 Å². The lowest BCUT2D eigenvalue weighted by Gasteiger charge is -2.29. The lowest BCUT2D eigenvalue weighted by Crippen LogP contribution is -2.39. The minimum Gasteiger partial charge on any atom is -0.493 e. The highest BCUT2D eigenvalue weighted by Crippen LogP contribution is 2.35. The molecule has 2 N–H and O–H groups in total. The topological polar surface area (TPSA) is 121 Å². The average Bonchev–Trinajstić information content (AvgIpc) is 3.05. The van der Waals surface area contributed by atoms with Crippen LogP contribution in [0.4, 0.5) is 4.79 Å². The first-order chi connectivity index (χ1) is 21.4. The minimum absolute atomic E-state index is 0.0320. The number of carbonyl (C=O) groups excluding carboxylic acids is 2. The van der Waals surface area contributed by atoms with Crippen molar-refractivity contribution in [2.75, 3.05) is 20.2 Å². The summed E-state index contributed by atoms with van der Waals surface area (Å²) in [7, 11) is 1.57. The Morgan fingerprint density at radius 3 is 2.48 bits per heavy atom. The number of allylic oxidation sites excluding steroid dienone is 4. The smallest absolute Gasteiger partial charge is 0.407 e. The number of fused-ring (bicyclic) bond motifs is 1. The van der Waals surface area contributed by atoms with E-state index in [-0.39, 0.29) is 42.6 Å². The van der Waals surface area contributed by atoms with Gasteiger partial charge >= 0.3 is 6.09 Å². The maximum absolute atomic E-state index is 13.4. The highest BCUT2D eigenvalue weighted by atomic mass is 16.5. The molecule has 232 valence electrons. The quantitative estimate of drug-likeness (QED) is 0.305. The number of nitrogens with zero attached hydrogens (tertiary/aromatic N) is 2. The van der Waals surface area contributed by atoms with Crippen LogP contribution in [-0.4, -0.2) is 47.9 Å². The Balaban J connectivity index is 1.10. The normalized spacial score (nSPS) is 21.0. The van der Waals surface area contributed by atoms with E-state index in [1.54, 1.807) is 30.1 Å². The summed E-state index contributed by atoms with van der Waals surface area (Å²) < 4.78 is 18.8. The van der Waals surface area contributed by atoms with Crippen LogP contribution < -0.4 is 25.7 Å². The first-order valence-corrected chi connectivity index (χ1v) is 15.2. The van der Waals surface area contributed by atoms with Crippen LogP contribution in [-0.2, 0) is 22.7 Å². The SMILES string of the molecule is COc1cc2ncn(CC3C=CC=CC3C)c(=O)c2cc1OC1CCC(C(=O)NCCNC(=O)OCc2ccccc2)CC1. The predicted octanol–water partition coefficient (Wildman–Crippen LogP) is 4.76. The number of rotatable bonds is 11. The van der Waals surface area contributed by atoms with E-state index in [4.69, 9.17) is 14.2 Å². The highest BCUT2D eigenvalue weighted by molar-refractivity contribution is 5.81. The summed E-state index contributed by atoms with van der Waals surface area (Å²) in [6.07, 6.45) is 12.0. The van der Waals surface area contributed by atoms with E-state index in [2.05, 4.69) is 34.7 Å². The van der Waals surface area contributed by atoms with Crippen LogP contribution in [0.2, 0.25) is 0 Å². The summed E-state index contributed by atoms with van der Waals surface area (Å²) in [6, 6.07) is 12.9. The Hall–Kier alpha value is -4.60. The molecule has 2 aliphatic rings. The van der Waals surface area contributed by atoms with Crippen LogP contribution in [0.3, 0.4) is 0 Å². The summed E-state index contributed by atoms with van der Waals surface area (Å²) in [5.41, 5.74) is 1.35. The second-order valence-corrected chi connectivity index (χ2v) is 11.4. The van der Waals surface area contributed by atoms with Gasteiger partial charge in [0.15, 0.2) is 11.5 Å². The largest absolute Gasteiger partial charge is 0.493 e. The molecule has 2 amide bonds. The van der Waals surface area contributed by atoms with Gasteiger partial charge in [-0.15, -0.1) is 0 Å². The van der Waals surface area contributed by atoms with Crippen LogP contribution >= 0.6 is 0 Å². The maximum atomic E-state index is 13.4. The highest BCUT2D eigenvalue weighted by Gasteiger charge is 2.28. The lowest BCUT2D eigenvalue weighted by atomic mass is 9.86. The van der Waals surface area contributed by atoms with Crippen LogP contribution in [0.1, 0.15) is 38.2 Å². The van der Waals surface area contributed by atoms with Crippen molar-refractivity contribution in [2.24, 2.45) is 17.8 Å². The standard InChI is InChI=1S/C34H40N4O6/c1-23-8-6-7-11-26(23)20-38-22-37-29-19-30(42-2)31(18-28(29)33(38)40)44-27-14-12-25(13-15-27)32(39)35-16-17-36-34(41)43-21-24-9-4-3-5-10-24/h3-11,18-19,22-23,25-27H,12-17,20-21H2,1-2H3,(H,35,39)(H,36,41). The molecule has 2 atom stereocenters. The monoisotopic (exact) mass is 600 g/mol. The maximum Gasteiger partial charge on any atom is 0.407 e. The Morgan fingerprint density at radius 2 is 1.73 bits per heavy atom. The Kier molecular flexibility index (Phi) is 10.3. The van der Waals surface area contributed by atoms with Crippen molar-refractivity contribution < 1.29 is 23.8 Å². The molecule has 3 aromatic rings. The van der Waals surface area contributed by atoms with E-state index in [0.717, 1.165) is 5.56 Å². The third-order valence-electron chi connectivity index (χ3n) is 8.32. The summed E-state index contributed by atoms with van der Waals surface area (Å²) in [5.74, 6) is 1.42. The van der Waals surface area contributed by atoms with Gasteiger partial charge in [0.1, 0.15) is 6.61 Å². The molecular formula is C34H40N4O6. The van der Waals surface area contributed by atoms with E-state index in [9.17, 15) is 14.4 Å². The molecule has 0 saturated heterocycles. The number of nitrogens with one attached hydrogen (secondary N) is 2. The van der Waals surface area contributed by atoms with E-state index in [1.165, 1.54) is 0 Å². The van der Waals surface area contributed by atoms with Gasteiger partial charge in [-0.1, -0.05) is 61.6 Å².